The van der Waals surface area contributed by atoms with Crippen LogP contribution in [0.4, 0.5) is 17.6 Å². The monoisotopic (exact) mass is 251 g/mol. The molecule has 0 heterocycles. The van der Waals surface area contributed by atoms with E-state index in [1.165, 1.54) is 0 Å². The summed E-state index contributed by atoms with van der Waals surface area (Å²) in [7, 11) is 0. The van der Waals surface area contributed by atoms with E-state index in [4.69, 9.17) is 10.8 Å². The number of carboxylic acid groups (broad SMARTS) is 1. The minimum absolute atomic E-state index is 0.456. The maximum absolute atomic E-state index is 13.5. The minimum atomic E-state index is -4.83. The lowest BCUT2D eigenvalue weighted by atomic mass is 10.0. The number of alkyl halides is 3. The van der Waals surface area contributed by atoms with Crippen LogP contribution in [-0.4, -0.2) is 11.1 Å². The van der Waals surface area contributed by atoms with Crippen LogP contribution in [0.3, 0.4) is 0 Å². The van der Waals surface area contributed by atoms with E-state index < -0.39 is 41.6 Å². The molecule has 1 unspecified atom stereocenters. The standard InChI is InChI=1S/C10H9F4NO2/c11-9-5(7(15)4-8(16)17)2-1-3-6(9)10(12,13)14/h1-3,7H,4,15H2,(H,16,17). The van der Waals surface area contributed by atoms with Gasteiger partial charge in [-0.3, -0.25) is 4.79 Å². The Morgan fingerprint density at radius 3 is 2.47 bits per heavy atom. The van der Waals surface area contributed by atoms with Crippen molar-refractivity contribution < 1.29 is 27.5 Å². The molecule has 1 atom stereocenters. The molecular formula is C10H9F4NO2. The molecule has 1 rings (SSSR count). The van der Waals surface area contributed by atoms with Gasteiger partial charge in [-0.05, 0) is 6.07 Å². The van der Waals surface area contributed by atoms with Crippen LogP contribution in [0.25, 0.3) is 0 Å². The number of hydrogen-bond acceptors (Lipinski definition) is 2. The van der Waals surface area contributed by atoms with Crippen molar-refractivity contribution in [2.45, 2.75) is 18.6 Å². The Balaban J connectivity index is 3.15. The van der Waals surface area contributed by atoms with Gasteiger partial charge in [0, 0.05) is 11.6 Å². The van der Waals surface area contributed by atoms with Crippen LogP contribution >= 0.6 is 0 Å². The molecule has 0 saturated heterocycles. The summed E-state index contributed by atoms with van der Waals surface area (Å²) in [4.78, 5) is 10.4. The highest BCUT2D eigenvalue weighted by Gasteiger charge is 2.35. The molecule has 0 aromatic heterocycles. The van der Waals surface area contributed by atoms with Gasteiger partial charge >= 0.3 is 12.1 Å². The molecule has 0 fully saturated rings. The number of halogens is 4. The summed E-state index contributed by atoms with van der Waals surface area (Å²) >= 11 is 0. The topological polar surface area (TPSA) is 63.3 Å². The van der Waals surface area contributed by atoms with Gasteiger partial charge in [0.15, 0.2) is 0 Å². The zero-order valence-corrected chi connectivity index (χ0v) is 8.46. The van der Waals surface area contributed by atoms with Crippen LogP contribution < -0.4 is 5.73 Å². The summed E-state index contributed by atoms with van der Waals surface area (Å²) in [6.45, 7) is 0. The highest BCUT2D eigenvalue weighted by molar-refractivity contribution is 5.67. The molecule has 94 valence electrons. The fourth-order valence-electron chi connectivity index (χ4n) is 1.35. The van der Waals surface area contributed by atoms with Crippen molar-refractivity contribution >= 4 is 5.97 Å². The van der Waals surface area contributed by atoms with Crippen molar-refractivity contribution in [1.82, 2.24) is 0 Å². The summed E-state index contributed by atoms with van der Waals surface area (Å²) in [5.74, 6) is -2.83. The van der Waals surface area contributed by atoms with Crippen LogP contribution in [0.1, 0.15) is 23.6 Å². The molecule has 3 nitrogen and oxygen atoms in total. The fourth-order valence-corrected chi connectivity index (χ4v) is 1.35. The van der Waals surface area contributed by atoms with Crippen LogP contribution in [0.2, 0.25) is 0 Å². The Morgan fingerprint density at radius 2 is 2.00 bits per heavy atom. The van der Waals surface area contributed by atoms with Crippen molar-refractivity contribution in [1.29, 1.82) is 0 Å². The fraction of sp³-hybridized carbons (Fsp3) is 0.300. The molecule has 0 aliphatic carbocycles. The summed E-state index contributed by atoms with van der Waals surface area (Å²) in [5, 5.41) is 8.44. The largest absolute Gasteiger partial charge is 0.481 e. The molecule has 1 aromatic rings. The van der Waals surface area contributed by atoms with E-state index in [9.17, 15) is 22.4 Å². The SMILES string of the molecule is NC(CC(=O)O)c1cccc(C(F)(F)F)c1F. The minimum Gasteiger partial charge on any atom is -0.481 e. The van der Waals surface area contributed by atoms with Crippen molar-refractivity contribution in [3.05, 3.63) is 35.1 Å². The lowest BCUT2D eigenvalue weighted by Crippen LogP contribution is -2.19. The van der Waals surface area contributed by atoms with Gasteiger partial charge in [0.25, 0.3) is 0 Å². The van der Waals surface area contributed by atoms with Crippen molar-refractivity contribution in [2.75, 3.05) is 0 Å². The molecule has 0 spiro atoms. The summed E-state index contributed by atoms with van der Waals surface area (Å²) < 4.78 is 50.5. The maximum Gasteiger partial charge on any atom is 0.419 e. The highest BCUT2D eigenvalue weighted by Crippen LogP contribution is 2.33. The van der Waals surface area contributed by atoms with Crippen molar-refractivity contribution in [3.63, 3.8) is 0 Å². The second kappa shape index (κ2) is 4.70. The predicted octanol–water partition coefficient (Wildman–Crippen LogP) is 2.32. The highest BCUT2D eigenvalue weighted by atomic mass is 19.4. The lowest BCUT2D eigenvalue weighted by Gasteiger charge is -2.14. The zero-order valence-electron chi connectivity index (χ0n) is 8.46. The van der Waals surface area contributed by atoms with E-state index >= 15 is 0 Å². The van der Waals surface area contributed by atoms with E-state index in [0.717, 1.165) is 12.1 Å². The third kappa shape index (κ3) is 3.16. The molecule has 0 aliphatic heterocycles. The van der Waals surface area contributed by atoms with E-state index in [0.29, 0.717) is 6.07 Å². The maximum atomic E-state index is 13.5. The Morgan fingerprint density at radius 1 is 1.41 bits per heavy atom. The first-order valence-corrected chi connectivity index (χ1v) is 4.56. The first-order chi connectivity index (χ1) is 7.73. The molecule has 0 radical (unpaired) electrons. The zero-order chi connectivity index (χ0) is 13.2. The van der Waals surface area contributed by atoms with Gasteiger partial charge in [-0.2, -0.15) is 13.2 Å². The van der Waals surface area contributed by atoms with E-state index in [2.05, 4.69) is 0 Å². The molecule has 7 heteroatoms. The second-order valence-electron chi connectivity index (χ2n) is 3.41. The second-order valence-corrected chi connectivity index (χ2v) is 3.41. The van der Waals surface area contributed by atoms with Gasteiger partial charge in [0.2, 0.25) is 0 Å². The smallest absolute Gasteiger partial charge is 0.419 e. The third-order valence-electron chi connectivity index (χ3n) is 2.13. The van der Waals surface area contributed by atoms with Crippen LogP contribution in [0, 0.1) is 5.82 Å². The number of benzene rings is 1. The molecule has 0 aliphatic rings. The Labute approximate surface area is 93.8 Å². The first kappa shape index (κ1) is 13.4. The number of aliphatic carboxylic acids is 1. The van der Waals surface area contributed by atoms with E-state index in [1.807, 2.05) is 0 Å². The molecule has 1 aromatic carbocycles. The number of rotatable bonds is 3. The van der Waals surface area contributed by atoms with Gasteiger partial charge in [0.1, 0.15) is 5.82 Å². The number of carboxylic acids is 1. The summed E-state index contributed by atoms with van der Waals surface area (Å²) in [6.07, 6.45) is -5.47. The number of carbonyl (C=O) groups is 1. The summed E-state index contributed by atoms with van der Waals surface area (Å²) in [6, 6.07) is 1.29. The molecule has 0 bridgehead atoms. The van der Waals surface area contributed by atoms with Gasteiger partial charge in [-0.25, -0.2) is 4.39 Å². The van der Waals surface area contributed by atoms with Gasteiger partial charge in [-0.15, -0.1) is 0 Å². The van der Waals surface area contributed by atoms with Crippen LogP contribution in [0.15, 0.2) is 18.2 Å². The average Bonchev–Trinajstić information content (AvgIpc) is 2.14. The van der Waals surface area contributed by atoms with Gasteiger partial charge in [0.05, 0.1) is 12.0 Å². The Hall–Kier alpha value is -1.63. The van der Waals surface area contributed by atoms with Crippen molar-refractivity contribution in [2.24, 2.45) is 5.73 Å². The normalized spacial score (nSPS) is 13.5. The molecule has 3 N–H and O–H groups in total. The average molecular weight is 251 g/mol. The summed E-state index contributed by atoms with van der Waals surface area (Å²) in [5.41, 5.74) is 3.42. The molecule has 17 heavy (non-hydrogen) atoms. The van der Waals surface area contributed by atoms with E-state index in [1.54, 1.807) is 0 Å². The van der Waals surface area contributed by atoms with Crippen molar-refractivity contribution in [3.8, 4) is 0 Å². The van der Waals surface area contributed by atoms with Crippen LogP contribution in [0.5, 0.6) is 0 Å². The Kier molecular flexibility index (Phi) is 3.72. The number of nitrogens with two attached hydrogens (primary N) is 1. The Bertz CT molecular complexity index is 431. The van der Waals surface area contributed by atoms with E-state index in [-0.39, 0.29) is 0 Å². The quantitative estimate of drug-likeness (QED) is 0.810. The lowest BCUT2D eigenvalue weighted by molar-refractivity contribution is -0.140. The molecule has 0 saturated carbocycles. The van der Waals surface area contributed by atoms with Gasteiger partial charge < -0.3 is 10.8 Å². The molecular weight excluding hydrogens is 242 g/mol. The van der Waals surface area contributed by atoms with Crippen LogP contribution in [-0.2, 0) is 11.0 Å². The number of hydrogen-bond donors (Lipinski definition) is 2. The third-order valence-corrected chi connectivity index (χ3v) is 2.13. The molecule has 0 amide bonds. The predicted molar refractivity (Wildman–Crippen MR) is 50.6 cm³/mol. The first-order valence-electron chi connectivity index (χ1n) is 4.56. The van der Waals surface area contributed by atoms with Gasteiger partial charge in [-0.1, -0.05) is 12.1 Å².